The molecular weight excluding hydrogens is 412 g/mol. The minimum Gasteiger partial charge on any atom is -0.493 e. The number of carbonyl (C=O) groups excluding carboxylic acids is 2. The molecule has 8 heteroatoms. The molecule has 3 aromatic carbocycles. The van der Waals surface area contributed by atoms with Crippen LogP contribution in [0.2, 0.25) is 0 Å². The lowest BCUT2D eigenvalue weighted by Gasteiger charge is -2.14. The first-order valence-corrected chi connectivity index (χ1v) is 9.57. The van der Waals surface area contributed by atoms with Gasteiger partial charge >= 0.3 is 5.97 Å². The Labute approximate surface area is 185 Å². The normalized spacial score (nSPS) is 10.5. The molecule has 3 aromatic rings. The van der Waals surface area contributed by atoms with E-state index in [2.05, 4.69) is 10.5 Å². The van der Waals surface area contributed by atoms with E-state index in [9.17, 15) is 9.59 Å². The van der Waals surface area contributed by atoms with Gasteiger partial charge in [-0.05, 0) is 36.4 Å². The number of nitrogens with one attached hydrogen (secondary N) is 1. The Morgan fingerprint density at radius 2 is 1.41 bits per heavy atom. The molecule has 0 bridgehead atoms. The predicted molar refractivity (Wildman–Crippen MR) is 119 cm³/mol. The van der Waals surface area contributed by atoms with Gasteiger partial charge in [-0.25, -0.2) is 10.2 Å². The number of methoxy groups -OCH3 is 3. The minimum atomic E-state index is -0.626. The van der Waals surface area contributed by atoms with Crippen LogP contribution >= 0.6 is 0 Å². The maximum absolute atomic E-state index is 12.8. The molecule has 3 rings (SSSR count). The zero-order valence-corrected chi connectivity index (χ0v) is 17.8. The number of para-hydroxylation sites is 1. The molecule has 1 amide bonds. The average molecular weight is 434 g/mol. The first-order chi connectivity index (χ1) is 15.6. The van der Waals surface area contributed by atoms with Crippen molar-refractivity contribution in [3.05, 3.63) is 83.4 Å². The topological polar surface area (TPSA) is 95.5 Å². The molecular formula is C24H22N2O6. The molecule has 0 saturated carbocycles. The highest BCUT2D eigenvalue weighted by Crippen LogP contribution is 2.38. The van der Waals surface area contributed by atoms with Crippen LogP contribution in [0.3, 0.4) is 0 Å². The smallest absolute Gasteiger partial charge is 0.343 e. The summed E-state index contributed by atoms with van der Waals surface area (Å²) in [4.78, 5) is 24.9. The molecule has 0 atom stereocenters. The van der Waals surface area contributed by atoms with Crippen molar-refractivity contribution in [1.82, 2.24) is 5.43 Å². The molecule has 0 aliphatic heterocycles. The van der Waals surface area contributed by atoms with Gasteiger partial charge in [0, 0.05) is 11.1 Å². The van der Waals surface area contributed by atoms with E-state index in [1.165, 1.54) is 39.7 Å². The van der Waals surface area contributed by atoms with E-state index >= 15 is 0 Å². The number of carbonyl (C=O) groups is 2. The Morgan fingerprint density at radius 1 is 0.781 bits per heavy atom. The SMILES string of the molecule is COc1cc(C(=O)Oc2ccccc2/C=N\NC(=O)c2ccccc2)cc(OC)c1OC. The predicted octanol–water partition coefficient (Wildman–Crippen LogP) is 3.70. The second kappa shape index (κ2) is 10.6. The molecule has 0 radical (unpaired) electrons. The quantitative estimate of drug-likeness (QED) is 0.251. The zero-order chi connectivity index (χ0) is 22.9. The van der Waals surface area contributed by atoms with Crippen LogP contribution in [0.15, 0.2) is 71.8 Å². The van der Waals surface area contributed by atoms with Gasteiger partial charge in [-0.3, -0.25) is 4.79 Å². The number of hydrazone groups is 1. The number of hydrogen-bond acceptors (Lipinski definition) is 7. The van der Waals surface area contributed by atoms with Gasteiger partial charge in [0.15, 0.2) is 11.5 Å². The minimum absolute atomic E-state index is 0.212. The Bertz CT molecular complexity index is 1100. The Morgan fingerprint density at radius 3 is 2.03 bits per heavy atom. The van der Waals surface area contributed by atoms with Gasteiger partial charge in [0.05, 0.1) is 33.1 Å². The summed E-state index contributed by atoms with van der Waals surface area (Å²) in [5, 5.41) is 3.96. The van der Waals surface area contributed by atoms with Crippen LogP contribution in [-0.4, -0.2) is 39.4 Å². The number of ether oxygens (including phenoxy) is 4. The molecule has 1 N–H and O–H groups in total. The molecule has 0 spiro atoms. The molecule has 32 heavy (non-hydrogen) atoms. The van der Waals surface area contributed by atoms with Crippen molar-refractivity contribution < 1.29 is 28.5 Å². The van der Waals surface area contributed by atoms with E-state index < -0.39 is 5.97 Å². The Balaban J connectivity index is 1.77. The second-order valence-corrected chi connectivity index (χ2v) is 6.41. The van der Waals surface area contributed by atoms with Crippen LogP contribution in [-0.2, 0) is 0 Å². The summed E-state index contributed by atoms with van der Waals surface area (Å²) in [5.74, 6) is 0.318. The standard InChI is InChI=1S/C24H22N2O6/c1-29-20-13-18(14-21(30-2)22(20)31-3)24(28)32-19-12-8-7-11-17(19)15-25-26-23(27)16-9-5-4-6-10-16/h4-15H,1-3H3,(H,26,27)/b25-15-. The molecule has 164 valence electrons. The summed E-state index contributed by atoms with van der Waals surface area (Å²) in [5.41, 5.74) is 3.64. The van der Waals surface area contributed by atoms with Gasteiger partial charge in [0.1, 0.15) is 5.75 Å². The fraction of sp³-hybridized carbons (Fsp3) is 0.125. The highest BCUT2D eigenvalue weighted by molar-refractivity contribution is 5.96. The molecule has 0 saturated heterocycles. The van der Waals surface area contributed by atoms with Crippen LogP contribution in [0.25, 0.3) is 0 Å². The average Bonchev–Trinajstić information content (AvgIpc) is 2.84. The highest BCUT2D eigenvalue weighted by Gasteiger charge is 2.19. The van der Waals surface area contributed by atoms with Crippen molar-refractivity contribution in [2.45, 2.75) is 0 Å². The number of esters is 1. The third-order valence-corrected chi connectivity index (χ3v) is 4.43. The van der Waals surface area contributed by atoms with Gasteiger partial charge in [0.25, 0.3) is 5.91 Å². The molecule has 0 aromatic heterocycles. The first kappa shape index (κ1) is 22.4. The van der Waals surface area contributed by atoms with Gasteiger partial charge in [0.2, 0.25) is 5.75 Å². The van der Waals surface area contributed by atoms with Crippen molar-refractivity contribution in [3.63, 3.8) is 0 Å². The molecule has 0 aliphatic rings. The number of amides is 1. The number of benzene rings is 3. The fourth-order valence-corrected chi connectivity index (χ4v) is 2.85. The first-order valence-electron chi connectivity index (χ1n) is 9.57. The van der Waals surface area contributed by atoms with Crippen LogP contribution in [0.4, 0.5) is 0 Å². The highest BCUT2D eigenvalue weighted by atomic mass is 16.5. The fourth-order valence-electron chi connectivity index (χ4n) is 2.85. The monoisotopic (exact) mass is 434 g/mol. The van der Waals surface area contributed by atoms with E-state index in [0.29, 0.717) is 28.4 Å². The van der Waals surface area contributed by atoms with Crippen LogP contribution in [0.5, 0.6) is 23.0 Å². The number of hydrogen-bond donors (Lipinski definition) is 1. The Kier molecular flexibility index (Phi) is 7.42. The van der Waals surface area contributed by atoms with E-state index in [1.807, 2.05) is 6.07 Å². The largest absolute Gasteiger partial charge is 0.493 e. The van der Waals surface area contributed by atoms with Crippen molar-refractivity contribution >= 4 is 18.1 Å². The maximum Gasteiger partial charge on any atom is 0.343 e. The van der Waals surface area contributed by atoms with E-state index in [1.54, 1.807) is 48.5 Å². The molecule has 0 heterocycles. The van der Waals surface area contributed by atoms with E-state index in [0.717, 1.165) is 0 Å². The van der Waals surface area contributed by atoms with Gasteiger partial charge in [-0.15, -0.1) is 0 Å². The third-order valence-electron chi connectivity index (χ3n) is 4.43. The second-order valence-electron chi connectivity index (χ2n) is 6.41. The molecule has 0 aliphatic carbocycles. The lowest BCUT2D eigenvalue weighted by atomic mass is 10.1. The van der Waals surface area contributed by atoms with Crippen molar-refractivity contribution in [3.8, 4) is 23.0 Å². The van der Waals surface area contributed by atoms with Crippen molar-refractivity contribution in [1.29, 1.82) is 0 Å². The summed E-state index contributed by atoms with van der Waals surface area (Å²) < 4.78 is 21.4. The van der Waals surface area contributed by atoms with Crippen molar-refractivity contribution in [2.24, 2.45) is 5.10 Å². The molecule has 0 fully saturated rings. The van der Waals surface area contributed by atoms with Gasteiger partial charge in [-0.2, -0.15) is 5.10 Å². The van der Waals surface area contributed by atoms with Gasteiger partial charge in [-0.1, -0.05) is 30.3 Å². The summed E-state index contributed by atoms with van der Waals surface area (Å²) in [6, 6.07) is 18.5. The summed E-state index contributed by atoms with van der Waals surface area (Å²) in [7, 11) is 4.40. The molecule has 8 nitrogen and oxygen atoms in total. The lowest BCUT2D eigenvalue weighted by molar-refractivity contribution is 0.0733. The van der Waals surface area contributed by atoms with Crippen LogP contribution in [0, 0.1) is 0 Å². The van der Waals surface area contributed by atoms with E-state index in [-0.39, 0.29) is 17.2 Å². The summed E-state index contributed by atoms with van der Waals surface area (Å²) in [6.45, 7) is 0. The Hall–Kier alpha value is -4.33. The zero-order valence-electron chi connectivity index (χ0n) is 17.8. The third kappa shape index (κ3) is 5.23. The van der Waals surface area contributed by atoms with Crippen LogP contribution in [0.1, 0.15) is 26.3 Å². The summed E-state index contributed by atoms with van der Waals surface area (Å²) >= 11 is 0. The van der Waals surface area contributed by atoms with Gasteiger partial charge < -0.3 is 18.9 Å². The number of nitrogens with zero attached hydrogens (tertiary/aromatic N) is 1. The van der Waals surface area contributed by atoms with E-state index in [4.69, 9.17) is 18.9 Å². The van der Waals surface area contributed by atoms with Crippen LogP contribution < -0.4 is 24.4 Å². The maximum atomic E-state index is 12.8. The van der Waals surface area contributed by atoms with Crippen molar-refractivity contribution in [2.75, 3.05) is 21.3 Å². The molecule has 0 unspecified atom stereocenters. The lowest BCUT2D eigenvalue weighted by Crippen LogP contribution is -2.17. The number of rotatable bonds is 8. The summed E-state index contributed by atoms with van der Waals surface area (Å²) in [6.07, 6.45) is 1.40.